The van der Waals surface area contributed by atoms with E-state index in [1.54, 1.807) is 18.8 Å². The molecule has 0 bridgehead atoms. The van der Waals surface area contributed by atoms with E-state index in [9.17, 15) is 4.79 Å². The minimum absolute atomic E-state index is 0.234. The molecule has 6 nitrogen and oxygen atoms in total. The van der Waals surface area contributed by atoms with Crippen LogP contribution in [0.15, 0.2) is 53.3 Å². The van der Waals surface area contributed by atoms with Crippen LogP contribution in [0.5, 0.6) is 11.5 Å². The summed E-state index contributed by atoms with van der Waals surface area (Å²) in [6, 6.07) is 15.9. The highest BCUT2D eigenvalue weighted by Crippen LogP contribution is 2.38. The van der Waals surface area contributed by atoms with Gasteiger partial charge in [-0.2, -0.15) is 4.98 Å². The standard InChI is InChI=1S/C22H23N3O3/c1-4-24(16-8-6-5-7-9-16)21-14-18-17-13-20(28-3)19(27-2)12-15(17)10-11-25(18)22(26)23-21/h5-9,12-14H,4,10-11H2,1-3H3. The number of hydrogen-bond acceptors (Lipinski definition) is 5. The maximum Gasteiger partial charge on any atom is 0.350 e. The van der Waals surface area contributed by atoms with E-state index in [2.05, 4.69) is 4.98 Å². The Hall–Kier alpha value is -3.28. The summed E-state index contributed by atoms with van der Waals surface area (Å²) in [7, 11) is 3.25. The third-order valence-corrected chi connectivity index (χ3v) is 5.15. The molecule has 0 amide bonds. The average Bonchev–Trinajstić information content (AvgIpc) is 2.74. The van der Waals surface area contributed by atoms with Gasteiger partial charge in [0.15, 0.2) is 11.5 Å². The molecular formula is C22H23N3O3. The molecule has 0 atom stereocenters. The highest BCUT2D eigenvalue weighted by molar-refractivity contribution is 5.73. The van der Waals surface area contributed by atoms with E-state index in [1.807, 2.05) is 60.4 Å². The molecule has 0 saturated carbocycles. The molecule has 1 aliphatic rings. The van der Waals surface area contributed by atoms with Crippen LogP contribution in [-0.2, 0) is 13.0 Å². The smallest absolute Gasteiger partial charge is 0.350 e. The van der Waals surface area contributed by atoms with Crippen molar-refractivity contribution < 1.29 is 9.47 Å². The van der Waals surface area contributed by atoms with Crippen molar-refractivity contribution in [3.05, 3.63) is 64.6 Å². The molecule has 1 aromatic heterocycles. The molecule has 144 valence electrons. The molecule has 3 aromatic rings. The SMILES string of the molecule is CCN(c1ccccc1)c1cc2n(c(=O)n1)CCc1cc(OC)c(OC)cc1-2. The van der Waals surface area contributed by atoms with Crippen molar-refractivity contribution in [2.45, 2.75) is 19.9 Å². The number of methoxy groups -OCH3 is 2. The minimum Gasteiger partial charge on any atom is -0.493 e. The lowest BCUT2D eigenvalue weighted by Crippen LogP contribution is -2.31. The second-order valence-electron chi connectivity index (χ2n) is 6.63. The summed E-state index contributed by atoms with van der Waals surface area (Å²) < 4.78 is 12.6. The minimum atomic E-state index is -0.234. The molecule has 2 aromatic carbocycles. The van der Waals surface area contributed by atoms with Crippen molar-refractivity contribution in [1.29, 1.82) is 0 Å². The van der Waals surface area contributed by atoms with Crippen molar-refractivity contribution in [2.24, 2.45) is 0 Å². The fourth-order valence-electron chi connectivity index (χ4n) is 3.75. The van der Waals surface area contributed by atoms with Crippen molar-refractivity contribution >= 4 is 11.5 Å². The van der Waals surface area contributed by atoms with Crippen LogP contribution in [0.2, 0.25) is 0 Å². The Kier molecular flexibility index (Phi) is 4.77. The lowest BCUT2D eigenvalue weighted by molar-refractivity contribution is 0.354. The molecule has 6 heteroatoms. The van der Waals surface area contributed by atoms with E-state index >= 15 is 0 Å². The van der Waals surface area contributed by atoms with Gasteiger partial charge in [0.05, 0.1) is 19.9 Å². The Morgan fingerprint density at radius 2 is 1.79 bits per heavy atom. The molecule has 4 rings (SSSR count). The van der Waals surface area contributed by atoms with Crippen LogP contribution in [0.3, 0.4) is 0 Å². The van der Waals surface area contributed by atoms with Crippen LogP contribution in [0, 0.1) is 0 Å². The van der Waals surface area contributed by atoms with Gasteiger partial charge in [0.25, 0.3) is 0 Å². The molecule has 0 fully saturated rings. The summed E-state index contributed by atoms with van der Waals surface area (Å²) >= 11 is 0. The van der Waals surface area contributed by atoms with Gasteiger partial charge in [0.2, 0.25) is 0 Å². The first-order valence-corrected chi connectivity index (χ1v) is 9.36. The van der Waals surface area contributed by atoms with Crippen LogP contribution in [0.4, 0.5) is 11.5 Å². The zero-order valence-corrected chi connectivity index (χ0v) is 16.3. The Labute approximate surface area is 164 Å². The fraction of sp³-hybridized carbons (Fsp3) is 0.273. The topological polar surface area (TPSA) is 56.6 Å². The van der Waals surface area contributed by atoms with E-state index in [-0.39, 0.29) is 5.69 Å². The first kappa shape index (κ1) is 18.1. The quantitative estimate of drug-likeness (QED) is 0.679. The van der Waals surface area contributed by atoms with Gasteiger partial charge in [-0.15, -0.1) is 0 Å². The maximum atomic E-state index is 12.8. The van der Waals surface area contributed by atoms with Gasteiger partial charge >= 0.3 is 5.69 Å². The number of hydrogen-bond donors (Lipinski definition) is 0. The Bertz CT molecular complexity index is 1060. The second kappa shape index (κ2) is 7.38. The molecule has 0 N–H and O–H groups in total. The number of para-hydroxylation sites is 1. The monoisotopic (exact) mass is 377 g/mol. The van der Waals surface area contributed by atoms with E-state index in [4.69, 9.17) is 9.47 Å². The predicted molar refractivity (Wildman–Crippen MR) is 110 cm³/mol. The van der Waals surface area contributed by atoms with E-state index in [0.717, 1.165) is 28.9 Å². The number of nitrogens with zero attached hydrogens (tertiary/aromatic N) is 3. The largest absolute Gasteiger partial charge is 0.493 e. The molecular weight excluding hydrogens is 354 g/mol. The molecule has 0 aliphatic carbocycles. The van der Waals surface area contributed by atoms with Crippen molar-refractivity contribution in [1.82, 2.24) is 9.55 Å². The maximum absolute atomic E-state index is 12.8. The summed E-state index contributed by atoms with van der Waals surface area (Å²) in [4.78, 5) is 19.2. The summed E-state index contributed by atoms with van der Waals surface area (Å²) in [5.74, 6) is 1.99. The Balaban J connectivity index is 1.89. The number of aryl methyl sites for hydroxylation is 1. The van der Waals surface area contributed by atoms with Crippen LogP contribution >= 0.6 is 0 Å². The molecule has 1 aliphatic heterocycles. The molecule has 0 radical (unpaired) electrons. The zero-order chi connectivity index (χ0) is 19.7. The van der Waals surface area contributed by atoms with Gasteiger partial charge in [0, 0.05) is 30.4 Å². The summed E-state index contributed by atoms with van der Waals surface area (Å²) in [6.07, 6.45) is 0.750. The van der Waals surface area contributed by atoms with Crippen molar-refractivity contribution in [3.8, 4) is 22.8 Å². The molecule has 0 saturated heterocycles. The number of ether oxygens (including phenoxy) is 2. The third-order valence-electron chi connectivity index (χ3n) is 5.15. The molecule has 2 heterocycles. The molecule has 28 heavy (non-hydrogen) atoms. The second-order valence-corrected chi connectivity index (χ2v) is 6.63. The number of aromatic nitrogens is 2. The number of benzene rings is 2. The van der Waals surface area contributed by atoms with E-state index in [0.29, 0.717) is 30.4 Å². The van der Waals surface area contributed by atoms with Gasteiger partial charge in [0.1, 0.15) is 5.82 Å². The van der Waals surface area contributed by atoms with E-state index in [1.165, 1.54) is 0 Å². The number of fused-ring (bicyclic) bond motifs is 3. The van der Waals surface area contributed by atoms with Gasteiger partial charge in [-0.05, 0) is 43.2 Å². The first-order chi connectivity index (χ1) is 13.7. The third kappa shape index (κ3) is 3.01. The normalized spacial score (nSPS) is 12.1. The lowest BCUT2D eigenvalue weighted by atomic mass is 9.96. The molecule has 0 spiro atoms. The fourth-order valence-corrected chi connectivity index (χ4v) is 3.75. The van der Waals surface area contributed by atoms with Crippen LogP contribution in [-0.4, -0.2) is 30.3 Å². The first-order valence-electron chi connectivity index (χ1n) is 9.36. The highest BCUT2D eigenvalue weighted by Gasteiger charge is 2.23. The predicted octanol–water partition coefficient (Wildman–Crippen LogP) is 3.64. The summed E-state index contributed by atoms with van der Waals surface area (Å²) in [5, 5.41) is 0. The molecule has 0 unspecified atom stereocenters. The van der Waals surface area contributed by atoms with Crippen molar-refractivity contribution in [2.75, 3.05) is 25.7 Å². The highest BCUT2D eigenvalue weighted by atomic mass is 16.5. The average molecular weight is 377 g/mol. The van der Waals surface area contributed by atoms with Crippen LogP contribution in [0.25, 0.3) is 11.3 Å². The zero-order valence-electron chi connectivity index (χ0n) is 16.3. The van der Waals surface area contributed by atoms with Gasteiger partial charge in [-0.1, -0.05) is 18.2 Å². The Morgan fingerprint density at radius 3 is 2.46 bits per heavy atom. The van der Waals surface area contributed by atoms with E-state index < -0.39 is 0 Å². The van der Waals surface area contributed by atoms with Crippen LogP contribution in [0.1, 0.15) is 12.5 Å². The van der Waals surface area contributed by atoms with Gasteiger partial charge < -0.3 is 14.4 Å². The van der Waals surface area contributed by atoms with Crippen molar-refractivity contribution in [3.63, 3.8) is 0 Å². The van der Waals surface area contributed by atoms with Gasteiger partial charge in [-0.25, -0.2) is 4.79 Å². The number of rotatable bonds is 5. The summed E-state index contributed by atoms with van der Waals surface area (Å²) in [5.41, 5.74) is 3.74. The van der Waals surface area contributed by atoms with Gasteiger partial charge in [-0.3, -0.25) is 4.57 Å². The lowest BCUT2D eigenvalue weighted by Gasteiger charge is -2.26. The summed E-state index contributed by atoms with van der Waals surface area (Å²) in [6.45, 7) is 3.35. The Morgan fingerprint density at radius 1 is 1.07 bits per heavy atom. The number of anilines is 2. The van der Waals surface area contributed by atoms with Crippen LogP contribution < -0.4 is 20.1 Å².